The molecule has 0 aliphatic carbocycles. The van der Waals surface area contributed by atoms with E-state index in [2.05, 4.69) is 5.32 Å². The highest BCUT2D eigenvalue weighted by Crippen LogP contribution is 2.35. The van der Waals surface area contributed by atoms with Crippen LogP contribution in [0.25, 0.3) is 0 Å². The van der Waals surface area contributed by atoms with Crippen molar-refractivity contribution in [3.8, 4) is 5.75 Å². The van der Waals surface area contributed by atoms with Crippen molar-refractivity contribution >= 4 is 11.4 Å². The number of nitrogens with one attached hydrogen (secondary N) is 1. The summed E-state index contributed by atoms with van der Waals surface area (Å²) in [7, 11) is 0. The summed E-state index contributed by atoms with van der Waals surface area (Å²) in [5, 5.41) is 13.8. The van der Waals surface area contributed by atoms with E-state index in [1.165, 1.54) is 12.1 Å². The zero-order valence-corrected chi connectivity index (χ0v) is 10.9. The lowest BCUT2D eigenvalue weighted by Gasteiger charge is -2.11. The molecule has 0 saturated heterocycles. The summed E-state index contributed by atoms with van der Waals surface area (Å²) in [5.41, 5.74) is 0.0205. The SMILES string of the molecule is CCNc1cccc(OCCCC(F)(F)F)c1[N+](=O)[O-]. The van der Waals surface area contributed by atoms with Crippen LogP contribution in [0.2, 0.25) is 0 Å². The zero-order chi connectivity index (χ0) is 15.2. The molecule has 0 fully saturated rings. The predicted molar refractivity (Wildman–Crippen MR) is 68.0 cm³/mol. The van der Waals surface area contributed by atoms with Crippen LogP contribution in [0.1, 0.15) is 19.8 Å². The van der Waals surface area contributed by atoms with Gasteiger partial charge in [0.25, 0.3) is 0 Å². The summed E-state index contributed by atoms with van der Waals surface area (Å²) < 4.78 is 41.0. The van der Waals surface area contributed by atoms with Crippen LogP contribution in [-0.2, 0) is 0 Å². The maximum absolute atomic E-state index is 12.0. The van der Waals surface area contributed by atoms with Crippen LogP contribution in [0.5, 0.6) is 5.75 Å². The summed E-state index contributed by atoms with van der Waals surface area (Å²) in [6, 6.07) is 4.43. The lowest BCUT2D eigenvalue weighted by Crippen LogP contribution is -2.10. The topological polar surface area (TPSA) is 64.4 Å². The monoisotopic (exact) mass is 292 g/mol. The van der Waals surface area contributed by atoms with Crippen LogP contribution in [0.3, 0.4) is 0 Å². The molecule has 0 saturated carbocycles. The normalized spacial score (nSPS) is 11.2. The van der Waals surface area contributed by atoms with Crippen molar-refractivity contribution in [1.29, 1.82) is 0 Å². The van der Waals surface area contributed by atoms with Crippen molar-refractivity contribution in [2.24, 2.45) is 0 Å². The fourth-order valence-corrected chi connectivity index (χ4v) is 1.61. The number of alkyl halides is 3. The highest BCUT2D eigenvalue weighted by Gasteiger charge is 2.26. The van der Waals surface area contributed by atoms with Gasteiger partial charge in [-0.25, -0.2) is 0 Å². The van der Waals surface area contributed by atoms with Crippen molar-refractivity contribution in [1.82, 2.24) is 0 Å². The Morgan fingerprint density at radius 2 is 2.10 bits per heavy atom. The van der Waals surface area contributed by atoms with E-state index < -0.39 is 17.5 Å². The highest BCUT2D eigenvalue weighted by atomic mass is 19.4. The van der Waals surface area contributed by atoms with E-state index in [0.29, 0.717) is 6.54 Å². The Morgan fingerprint density at radius 3 is 2.65 bits per heavy atom. The maximum Gasteiger partial charge on any atom is 0.389 e. The average Bonchev–Trinajstić information content (AvgIpc) is 2.33. The molecule has 0 unspecified atom stereocenters. The molecule has 5 nitrogen and oxygen atoms in total. The van der Waals surface area contributed by atoms with E-state index in [1.807, 2.05) is 0 Å². The summed E-state index contributed by atoms with van der Waals surface area (Å²) in [5.74, 6) is -0.0318. The Hall–Kier alpha value is -1.99. The lowest BCUT2D eigenvalue weighted by atomic mass is 10.2. The first-order chi connectivity index (χ1) is 9.35. The van der Waals surface area contributed by atoms with Gasteiger partial charge in [0.05, 0.1) is 11.5 Å². The molecule has 0 heterocycles. The summed E-state index contributed by atoms with van der Waals surface area (Å²) >= 11 is 0. The van der Waals surface area contributed by atoms with Crippen LogP contribution in [0.4, 0.5) is 24.5 Å². The molecular weight excluding hydrogens is 277 g/mol. The van der Waals surface area contributed by atoms with Gasteiger partial charge in [-0.05, 0) is 25.5 Å². The smallest absolute Gasteiger partial charge is 0.389 e. The molecule has 1 N–H and O–H groups in total. The molecule has 1 rings (SSSR count). The van der Waals surface area contributed by atoms with Crippen LogP contribution < -0.4 is 10.1 Å². The van der Waals surface area contributed by atoms with Gasteiger partial charge in [0.15, 0.2) is 5.75 Å². The lowest BCUT2D eigenvalue weighted by molar-refractivity contribution is -0.385. The number of nitro benzene ring substituents is 1. The molecule has 1 aromatic carbocycles. The van der Waals surface area contributed by atoms with E-state index in [-0.39, 0.29) is 30.2 Å². The quantitative estimate of drug-likeness (QED) is 0.472. The van der Waals surface area contributed by atoms with Crippen molar-refractivity contribution in [2.75, 3.05) is 18.5 Å². The number of rotatable bonds is 7. The fourth-order valence-electron chi connectivity index (χ4n) is 1.61. The van der Waals surface area contributed by atoms with Gasteiger partial charge in [0.1, 0.15) is 5.69 Å². The number of nitrogens with zero attached hydrogens (tertiary/aromatic N) is 1. The van der Waals surface area contributed by atoms with Crippen LogP contribution in [0, 0.1) is 10.1 Å². The van der Waals surface area contributed by atoms with Crippen molar-refractivity contribution in [3.63, 3.8) is 0 Å². The highest BCUT2D eigenvalue weighted by molar-refractivity contribution is 5.68. The number of benzene rings is 1. The molecule has 0 atom stereocenters. The Bertz CT molecular complexity index is 464. The predicted octanol–water partition coefficient (Wildman–Crippen LogP) is 3.75. The van der Waals surface area contributed by atoms with Gasteiger partial charge in [-0.3, -0.25) is 10.1 Å². The molecule has 0 bridgehead atoms. The Balaban J connectivity index is 2.74. The molecule has 0 aliphatic rings. The number of ether oxygens (including phenoxy) is 1. The number of nitro groups is 1. The van der Waals surface area contributed by atoms with E-state index in [9.17, 15) is 23.3 Å². The van der Waals surface area contributed by atoms with E-state index in [1.54, 1.807) is 13.0 Å². The van der Waals surface area contributed by atoms with Crippen molar-refractivity contribution in [2.45, 2.75) is 25.9 Å². The third-order valence-corrected chi connectivity index (χ3v) is 2.41. The summed E-state index contributed by atoms with van der Waals surface area (Å²) in [6.45, 7) is 2.04. The first-order valence-electron chi connectivity index (χ1n) is 6.06. The van der Waals surface area contributed by atoms with Gasteiger partial charge in [0.2, 0.25) is 0 Å². The summed E-state index contributed by atoms with van der Waals surface area (Å²) in [6.07, 6.45) is -5.47. The van der Waals surface area contributed by atoms with Crippen LogP contribution in [-0.4, -0.2) is 24.3 Å². The molecule has 8 heteroatoms. The maximum atomic E-state index is 12.0. The molecule has 0 radical (unpaired) electrons. The second-order valence-electron chi connectivity index (χ2n) is 4.01. The van der Waals surface area contributed by atoms with Gasteiger partial charge in [-0.15, -0.1) is 0 Å². The fraction of sp³-hybridized carbons (Fsp3) is 0.500. The van der Waals surface area contributed by atoms with Gasteiger partial charge in [-0.1, -0.05) is 6.07 Å². The van der Waals surface area contributed by atoms with Gasteiger partial charge in [-0.2, -0.15) is 13.2 Å². The third kappa shape index (κ3) is 4.94. The number of hydrogen-bond donors (Lipinski definition) is 1. The minimum absolute atomic E-state index is 0.0318. The van der Waals surface area contributed by atoms with Gasteiger partial charge >= 0.3 is 11.9 Å². The van der Waals surface area contributed by atoms with Crippen molar-refractivity contribution < 1.29 is 22.8 Å². The minimum atomic E-state index is -4.25. The number of anilines is 1. The molecular formula is C12H15F3N2O3. The van der Waals surface area contributed by atoms with E-state index >= 15 is 0 Å². The van der Waals surface area contributed by atoms with Gasteiger partial charge in [0, 0.05) is 13.0 Å². The molecule has 0 aliphatic heterocycles. The molecule has 112 valence electrons. The Labute approximate surface area is 113 Å². The molecule has 0 aromatic heterocycles. The molecule has 1 aromatic rings. The minimum Gasteiger partial charge on any atom is -0.487 e. The molecule has 20 heavy (non-hydrogen) atoms. The number of hydrogen-bond acceptors (Lipinski definition) is 4. The van der Waals surface area contributed by atoms with Crippen LogP contribution >= 0.6 is 0 Å². The standard InChI is InChI=1S/C12H15F3N2O3/c1-2-16-9-5-3-6-10(11(9)17(18)19)20-8-4-7-12(13,14)15/h3,5-6,16H,2,4,7-8H2,1H3. The van der Waals surface area contributed by atoms with Crippen molar-refractivity contribution in [3.05, 3.63) is 28.3 Å². The van der Waals surface area contributed by atoms with Crippen LogP contribution in [0.15, 0.2) is 18.2 Å². The molecule has 0 spiro atoms. The number of para-hydroxylation sites is 1. The Morgan fingerprint density at radius 1 is 1.40 bits per heavy atom. The third-order valence-electron chi connectivity index (χ3n) is 2.41. The zero-order valence-electron chi connectivity index (χ0n) is 10.9. The second-order valence-corrected chi connectivity index (χ2v) is 4.01. The Kier molecular flexibility index (Phi) is 5.60. The van der Waals surface area contributed by atoms with Gasteiger partial charge < -0.3 is 10.1 Å². The molecule has 0 amide bonds. The average molecular weight is 292 g/mol. The van der Waals surface area contributed by atoms with E-state index in [0.717, 1.165) is 0 Å². The number of halogens is 3. The first kappa shape index (κ1) is 16.1. The second kappa shape index (κ2) is 6.97. The van der Waals surface area contributed by atoms with E-state index in [4.69, 9.17) is 4.74 Å². The largest absolute Gasteiger partial charge is 0.487 e. The first-order valence-corrected chi connectivity index (χ1v) is 6.06. The summed E-state index contributed by atoms with van der Waals surface area (Å²) in [4.78, 5) is 10.4.